The Morgan fingerprint density at radius 3 is 2.36 bits per heavy atom. The van der Waals surface area contributed by atoms with Crippen molar-refractivity contribution < 1.29 is 22.7 Å². The first-order valence-electron chi connectivity index (χ1n) is 9.16. The fourth-order valence-corrected chi connectivity index (χ4v) is 4.85. The number of sulfonamides is 1. The summed E-state index contributed by atoms with van der Waals surface area (Å²) in [5.41, 5.74) is 0. The Hall–Kier alpha value is -1.55. The molecule has 0 spiro atoms. The second kappa shape index (κ2) is 9.78. The van der Waals surface area contributed by atoms with Crippen molar-refractivity contribution in [2.75, 3.05) is 46.9 Å². The summed E-state index contributed by atoms with van der Waals surface area (Å²) in [6.07, 6.45) is 1.06. The zero-order chi connectivity index (χ0) is 19.4. The molecule has 2 saturated heterocycles. The van der Waals surface area contributed by atoms with Gasteiger partial charge in [-0.3, -0.25) is 4.79 Å². The summed E-state index contributed by atoms with van der Waals surface area (Å²) in [5, 5.41) is 6.17. The minimum atomic E-state index is -3.63. The largest absolute Gasteiger partial charge is 0.493 e. The lowest BCUT2D eigenvalue weighted by molar-refractivity contribution is -0.126. The van der Waals surface area contributed by atoms with Crippen molar-refractivity contribution >= 4 is 28.3 Å². The number of ether oxygens (including phenoxy) is 2. The molecule has 0 unspecified atom stereocenters. The van der Waals surface area contributed by atoms with Crippen LogP contribution < -0.4 is 20.1 Å². The third-order valence-electron chi connectivity index (χ3n) is 5.25. The van der Waals surface area contributed by atoms with E-state index in [0.717, 1.165) is 13.1 Å². The van der Waals surface area contributed by atoms with E-state index in [2.05, 4.69) is 10.6 Å². The Labute approximate surface area is 172 Å². The van der Waals surface area contributed by atoms with Gasteiger partial charge in [0.1, 0.15) is 0 Å². The van der Waals surface area contributed by atoms with E-state index in [9.17, 15) is 13.2 Å². The average molecular weight is 434 g/mol. The van der Waals surface area contributed by atoms with Gasteiger partial charge in [0.15, 0.2) is 11.5 Å². The summed E-state index contributed by atoms with van der Waals surface area (Å²) >= 11 is 0. The van der Waals surface area contributed by atoms with E-state index in [0.29, 0.717) is 49.9 Å². The van der Waals surface area contributed by atoms with E-state index in [1.165, 1.54) is 30.7 Å². The molecule has 0 radical (unpaired) electrons. The number of hydrogen-bond acceptors (Lipinski definition) is 6. The van der Waals surface area contributed by atoms with Crippen molar-refractivity contribution in [2.24, 2.45) is 11.8 Å². The molecule has 0 bridgehead atoms. The maximum atomic E-state index is 12.9. The van der Waals surface area contributed by atoms with Crippen LogP contribution in [0.15, 0.2) is 23.1 Å². The molecule has 2 aliphatic heterocycles. The van der Waals surface area contributed by atoms with Crippen molar-refractivity contribution in [1.82, 2.24) is 14.9 Å². The molecule has 0 atom stereocenters. The SMILES string of the molecule is COc1ccc(S(=O)(=O)N2CCC(C(=O)NCC3CNC3)CC2)cc1OC.Cl. The highest BCUT2D eigenvalue weighted by Crippen LogP contribution is 2.32. The number of nitrogens with one attached hydrogen (secondary N) is 2. The Bertz CT molecular complexity index is 777. The van der Waals surface area contributed by atoms with Crippen molar-refractivity contribution in [1.29, 1.82) is 0 Å². The van der Waals surface area contributed by atoms with Crippen LogP contribution >= 0.6 is 12.4 Å². The quantitative estimate of drug-likeness (QED) is 0.662. The monoisotopic (exact) mass is 433 g/mol. The van der Waals surface area contributed by atoms with Gasteiger partial charge in [0.05, 0.1) is 19.1 Å². The van der Waals surface area contributed by atoms with Gasteiger partial charge >= 0.3 is 0 Å². The van der Waals surface area contributed by atoms with Crippen molar-refractivity contribution in [2.45, 2.75) is 17.7 Å². The van der Waals surface area contributed by atoms with Gasteiger partial charge in [0, 0.05) is 50.6 Å². The number of piperidine rings is 1. The molecular weight excluding hydrogens is 406 g/mol. The molecule has 2 N–H and O–H groups in total. The van der Waals surface area contributed by atoms with Crippen LogP contribution in [-0.4, -0.2) is 65.6 Å². The van der Waals surface area contributed by atoms with Crippen LogP contribution in [0.25, 0.3) is 0 Å². The molecule has 1 amide bonds. The number of halogens is 1. The molecule has 10 heteroatoms. The summed E-state index contributed by atoms with van der Waals surface area (Å²) in [6, 6.07) is 4.57. The number of benzene rings is 1. The van der Waals surface area contributed by atoms with Gasteiger partial charge in [-0.2, -0.15) is 4.31 Å². The predicted molar refractivity (Wildman–Crippen MR) is 108 cm³/mol. The van der Waals surface area contributed by atoms with Crippen LogP contribution in [0.3, 0.4) is 0 Å². The zero-order valence-electron chi connectivity index (χ0n) is 16.1. The number of rotatable bonds is 7. The number of nitrogens with zero attached hydrogens (tertiary/aromatic N) is 1. The maximum absolute atomic E-state index is 12.9. The second-order valence-electron chi connectivity index (χ2n) is 6.96. The molecule has 1 aromatic carbocycles. The highest BCUT2D eigenvalue weighted by molar-refractivity contribution is 7.89. The van der Waals surface area contributed by atoms with Crippen LogP contribution in [0, 0.1) is 11.8 Å². The molecule has 0 aliphatic carbocycles. The summed E-state index contributed by atoms with van der Waals surface area (Å²) in [6.45, 7) is 3.25. The van der Waals surface area contributed by atoms with Crippen LogP contribution in [0.2, 0.25) is 0 Å². The lowest BCUT2D eigenvalue weighted by atomic mass is 9.96. The molecule has 2 fully saturated rings. The van der Waals surface area contributed by atoms with Gasteiger partial charge in [-0.1, -0.05) is 0 Å². The molecular formula is C18H28ClN3O5S. The van der Waals surface area contributed by atoms with Crippen LogP contribution in [-0.2, 0) is 14.8 Å². The molecule has 1 aromatic rings. The third kappa shape index (κ3) is 4.89. The van der Waals surface area contributed by atoms with Gasteiger partial charge in [-0.25, -0.2) is 8.42 Å². The molecule has 0 saturated carbocycles. The smallest absolute Gasteiger partial charge is 0.243 e. The molecule has 28 heavy (non-hydrogen) atoms. The predicted octanol–water partition coefficient (Wildman–Crippen LogP) is 0.862. The Morgan fingerprint density at radius 1 is 1.18 bits per heavy atom. The Morgan fingerprint density at radius 2 is 1.82 bits per heavy atom. The normalized spacial score (nSPS) is 18.6. The van der Waals surface area contributed by atoms with Crippen molar-refractivity contribution in [3.05, 3.63) is 18.2 Å². The molecule has 2 heterocycles. The van der Waals surface area contributed by atoms with E-state index >= 15 is 0 Å². The molecule has 8 nitrogen and oxygen atoms in total. The van der Waals surface area contributed by atoms with Crippen molar-refractivity contribution in [3.8, 4) is 11.5 Å². The fourth-order valence-electron chi connectivity index (χ4n) is 3.37. The van der Waals surface area contributed by atoms with Gasteiger partial charge in [0.25, 0.3) is 0 Å². The van der Waals surface area contributed by atoms with Gasteiger partial charge < -0.3 is 20.1 Å². The zero-order valence-corrected chi connectivity index (χ0v) is 17.8. The van der Waals surface area contributed by atoms with Crippen molar-refractivity contribution in [3.63, 3.8) is 0 Å². The number of carbonyl (C=O) groups is 1. The average Bonchev–Trinajstić information content (AvgIpc) is 2.66. The number of hydrogen-bond donors (Lipinski definition) is 2. The lowest BCUT2D eigenvalue weighted by Gasteiger charge is -2.32. The molecule has 2 aliphatic rings. The highest BCUT2D eigenvalue weighted by Gasteiger charge is 2.33. The van der Waals surface area contributed by atoms with E-state index in [1.807, 2.05) is 0 Å². The lowest BCUT2D eigenvalue weighted by Crippen LogP contribution is -2.50. The molecule has 158 valence electrons. The maximum Gasteiger partial charge on any atom is 0.243 e. The Kier molecular flexibility index (Phi) is 7.94. The Balaban J connectivity index is 0.00000280. The molecule has 0 aromatic heterocycles. The highest BCUT2D eigenvalue weighted by atomic mass is 35.5. The van der Waals surface area contributed by atoms with Gasteiger partial charge in [-0.05, 0) is 25.0 Å². The number of carbonyl (C=O) groups excluding carboxylic acids is 1. The van der Waals surface area contributed by atoms with Gasteiger partial charge in [0.2, 0.25) is 15.9 Å². The first-order chi connectivity index (χ1) is 13.0. The fraction of sp³-hybridized carbons (Fsp3) is 0.611. The number of methoxy groups -OCH3 is 2. The number of amides is 1. The third-order valence-corrected chi connectivity index (χ3v) is 7.14. The molecule has 3 rings (SSSR count). The van der Waals surface area contributed by atoms with Crippen LogP contribution in [0.5, 0.6) is 11.5 Å². The standard InChI is InChI=1S/C18H27N3O5S.ClH/c1-25-16-4-3-15(9-17(16)26-2)27(23,24)21-7-5-14(6-8-21)18(22)20-12-13-10-19-11-13;/h3-4,9,13-14,19H,5-8,10-12H2,1-2H3,(H,20,22);1H. The van der Waals surface area contributed by atoms with Crippen LogP contribution in [0.1, 0.15) is 12.8 Å². The minimum absolute atomic E-state index is 0. The van der Waals surface area contributed by atoms with E-state index < -0.39 is 10.0 Å². The topological polar surface area (TPSA) is 97.0 Å². The van der Waals surface area contributed by atoms with E-state index in [1.54, 1.807) is 6.07 Å². The minimum Gasteiger partial charge on any atom is -0.493 e. The summed E-state index contributed by atoms with van der Waals surface area (Å²) < 4.78 is 37.6. The first kappa shape index (κ1) is 22.7. The summed E-state index contributed by atoms with van der Waals surface area (Å²) in [7, 11) is -0.658. The summed E-state index contributed by atoms with van der Waals surface area (Å²) in [5.74, 6) is 1.27. The first-order valence-corrected chi connectivity index (χ1v) is 10.6. The van der Waals surface area contributed by atoms with E-state index in [4.69, 9.17) is 9.47 Å². The van der Waals surface area contributed by atoms with Crippen LogP contribution in [0.4, 0.5) is 0 Å². The summed E-state index contributed by atoms with van der Waals surface area (Å²) in [4.78, 5) is 12.5. The van der Waals surface area contributed by atoms with Gasteiger partial charge in [-0.15, -0.1) is 12.4 Å². The second-order valence-corrected chi connectivity index (χ2v) is 8.90. The van der Waals surface area contributed by atoms with E-state index in [-0.39, 0.29) is 29.1 Å².